The van der Waals surface area contributed by atoms with Gasteiger partial charge in [0.2, 0.25) is 5.91 Å². The predicted molar refractivity (Wildman–Crippen MR) is 94.2 cm³/mol. The molecular weight excluding hydrogens is 316 g/mol. The highest BCUT2D eigenvalue weighted by molar-refractivity contribution is 5.76. The molecule has 7 nitrogen and oxygen atoms in total. The number of benzene rings is 1. The first kappa shape index (κ1) is 16.9. The van der Waals surface area contributed by atoms with Crippen LogP contribution in [0.25, 0.3) is 5.69 Å². The molecule has 25 heavy (non-hydrogen) atoms. The van der Waals surface area contributed by atoms with E-state index in [0.29, 0.717) is 13.0 Å². The summed E-state index contributed by atoms with van der Waals surface area (Å²) in [5.41, 5.74) is 4.16. The summed E-state index contributed by atoms with van der Waals surface area (Å²) in [7, 11) is 0. The number of amides is 1. The van der Waals surface area contributed by atoms with Crippen LogP contribution in [0.2, 0.25) is 0 Å². The van der Waals surface area contributed by atoms with E-state index in [1.54, 1.807) is 11.0 Å². The second kappa shape index (κ2) is 7.29. The molecule has 1 aromatic carbocycles. The number of rotatable bonds is 6. The summed E-state index contributed by atoms with van der Waals surface area (Å²) >= 11 is 0. The maximum atomic E-state index is 12.1. The lowest BCUT2D eigenvalue weighted by molar-refractivity contribution is -0.122. The van der Waals surface area contributed by atoms with Crippen LogP contribution >= 0.6 is 0 Å². The fraction of sp³-hybridized carbons (Fsp3) is 0.333. The number of nitrogens with zero attached hydrogens (tertiary/aromatic N) is 5. The first-order valence-corrected chi connectivity index (χ1v) is 8.28. The quantitative estimate of drug-likeness (QED) is 0.748. The zero-order chi connectivity index (χ0) is 17.8. The lowest BCUT2D eigenvalue weighted by Gasteiger charge is -2.15. The highest BCUT2D eigenvalue weighted by Gasteiger charge is 2.11. The average molecular weight is 338 g/mol. The molecule has 0 aliphatic rings. The molecule has 7 heteroatoms. The molecule has 0 saturated heterocycles. The van der Waals surface area contributed by atoms with Gasteiger partial charge in [0.05, 0.1) is 24.0 Å². The molecule has 1 unspecified atom stereocenters. The molecule has 0 bridgehead atoms. The van der Waals surface area contributed by atoms with Crippen molar-refractivity contribution in [3.05, 3.63) is 59.9 Å². The lowest BCUT2D eigenvalue weighted by Crippen LogP contribution is -2.27. The van der Waals surface area contributed by atoms with Gasteiger partial charge >= 0.3 is 0 Å². The van der Waals surface area contributed by atoms with Crippen molar-refractivity contribution in [1.82, 2.24) is 29.9 Å². The van der Waals surface area contributed by atoms with Gasteiger partial charge in [-0.2, -0.15) is 10.2 Å². The number of aromatic nitrogens is 5. The summed E-state index contributed by atoms with van der Waals surface area (Å²) in [6, 6.07) is 10.1. The average Bonchev–Trinajstić information content (AvgIpc) is 3.22. The van der Waals surface area contributed by atoms with Gasteiger partial charge in [-0.05, 0) is 44.5 Å². The maximum absolute atomic E-state index is 12.1. The Kier molecular flexibility index (Phi) is 4.92. The smallest absolute Gasteiger partial charge is 0.222 e. The van der Waals surface area contributed by atoms with Gasteiger partial charge in [-0.1, -0.05) is 12.1 Å². The number of carbonyl (C=O) groups is 1. The van der Waals surface area contributed by atoms with E-state index in [1.165, 1.54) is 6.33 Å². The van der Waals surface area contributed by atoms with E-state index in [0.717, 1.165) is 22.6 Å². The third kappa shape index (κ3) is 4.12. The van der Waals surface area contributed by atoms with Crippen LogP contribution in [0.15, 0.2) is 43.0 Å². The van der Waals surface area contributed by atoms with Gasteiger partial charge in [0, 0.05) is 12.1 Å². The molecule has 2 aromatic heterocycles. The second-order valence-electron chi connectivity index (χ2n) is 6.13. The van der Waals surface area contributed by atoms with Crippen molar-refractivity contribution in [1.29, 1.82) is 0 Å². The number of nitrogens with one attached hydrogen (secondary N) is 1. The van der Waals surface area contributed by atoms with Gasteiger partial charge in [-0.3, -0.25) is 9.48 Å². The molecule has 1 N–H and O–H groups in total. The van der Waals surface area contributed by atoms with Crippen molar-refractivity contribution in [3.63, 3.8) is 0 Å². The van der Waals surface area contributed by atoms with Gasteiger partial charge in [-0.25, -0.2) is 9.67 Å². The molecule has 1 amide bonds. The van der Waals surface area contributed by atoms with Crippen molar-refractivity contribution in [2.45, 2.75) is 39.8 Å². The highest BCUT2D eigenvalue weighted by Crippen LogP contribution is 2.17. The summed E-state index contributed by atoms with van der Waals surface area (Å²) in [4.78, 5) is 15.9. The van der Waals surface area contributed by atoms with Crippen LogP contribution in [0, 0.1) is 13.8 Å². The summed E-state index contributed by atoms with van der Waals surface area (Å²) in [6.45, 7) is 6.52. The van der Waals surface area contributed by atoms with Gasteiger partial charge in [0.25, 0.3) is 0 Å². The van der Waals surface area contributed by atoms with E-state index in [2.05, 4.69) is 20.5 Å². The van der Waals surface area contributed by atoms with Crippen LogP contribution in [0.3, 0.4) is 0 Å². The topological polar surface area (TPSA) is 77.6 Å². The van der Waals surface area contributed by atoms with E-state index in [4.69, 9.17) is 0 Å². The number of hydrogen-bond acceptors (Lipinski definition) is 4. The standard InChI is InChI=1S/C18H22N6O/c1-13-10-14(2)24(22-13)17-6-4-16(5-7-17)15(3)21-18(25)8-9-23-12-19-11-20-23/h4-7,10-12,15H,8-9H2,1-3H3,(H,21,25). The molecule has 3 rings (SSSR count). The van der Waals surface area contributed by atoms with Crippen LogP contribution in [0.5, 0.6) is 0 Å². The minimum Gasteiger partial charge on any atom is -0.350 e. The monoisotopic (exact) mass is 338 g/mol. The number of aryl methyl sites for hydroxylation is 3. The molecule has 1 atom stereocenters. The molecule has 130 valence electrons. The van der Waals surface area contributed by atoms with Gasteiger partial charge < -0.3 is 5.32 Å². The molecule has 3 aromatic rings. The number of carbonyl (C=O) groups excluding carboxylic acids is 1. The fourth-order valence-electron chi connectivity index (χ4n) is 2.76. The Labute approximate surface area is 146 Å². The van der Waals surface area contributed by atoms with Crippen molar-refractivity contribution >= 4 is 5.91 Å². The third-order valence-electron chi connectivity index (χ3n) is 4.06. The van der Waals surface area contributed by atoms with Crippen molar-refractivity contribution in [2.24, 2.45) is 0 Å². The lowest BCUT2D eigenvalue weighted by atomic mass is 10.1. The van der Waals surface area contributed by atoms with Gasteiger partial charge in [0.1, 0.15) is 12.7 Å². The molecule has 0 radical (unpaired) electrons. The van der Waals surface area contributed by atoms with Gasteiger partial charge in [0.15, 0.2) is 0 Å². The molecular formula is C18H22N6O. The SMILES string of the molecule is Cc1cc(C)n(-c2ccc(C(C)NC(=O)CCn3cncn3)cc2)n1. The second-order valence-corrected chi connectivity index (χ2v) is 6.13. The van der Waals surface area contributed by atoms with Gasteiger partial charge in [-0.15, -0.1) is 0 Å². The first-order chi connectivity index (χ1) is 12.0. The Balaban J connectivity index is 1.59. The number of hydrogen-bond donors (Lipinski definition) is 1. The van der Waals surface area contributed by atoms with E-state index in [1.807, 2.05) is 55.8 Å². The van der Waals surface area contributed by atoms with Crippen molar-refractivity contribution in [2.75, 3.05) is 0 Å². The van der Waals surface area contributed by atoms with E-state index in [-0.39, 0.29) is 11.9 Å². The summed E-state index contributed by atoms with van der Waals surface area (Å²) in [6.07, 6.45) is 3.44. The van der Waals surface area contributed by atoms with Crippen LogP contribution in [0.4, 0.5) is 0 Å². The molecule has 0 aliphatic carbocycles. The summed E-state index contributed by atoms with van der Waals surface area (Å²) < 4.78 is 3.56. The molecule has 2 heterocycles. The minimum absolute atomic E-state index is 0.00868. The summed E-state index contributed by atoms with van der Waals surface area (Å²) in [5.74, 6) is -0.00868. The van der Waals surface area contributed by atoms with Crippen LogP contribution < -0.4 is 5.32 Å². The molecule has 0 saturated carbocycles. The van der Waals surface area contributed by atoms with Crippen LogP contribution in [0.1, 0.15) is 36.3 Å². The Hall–Kier alpha value is -2.96. The van der Waals surface area contributed by atoms with E-state index in [9.17, 15) is 4.79 Å². The Morgan fingerprint density at radius 3 is 2.60 bits per heavy atom. The Bertz CT molecular complexity index is 835. The first-order valence-electron chi connectivity index (χ1n) is 8.28. The summed E-state index contributed by atoms with van der Waals surface area (Å²) in [5, 5.41) is 11.5. The zero-order valence-electron chi connectivity index (χ0n) is 14.7. The van der Waals surface area contributed by atoms with Crippen LogP contribution in [-0.4, -0.2) is 30.5 Å². The largest absolute Gasteiger partial charge is 0.350 e. The Morgan fingerprint density at radius 2 is 2.00 bits per heavy atom. The van der Waals surface area contributed by atoms with E-state index >= 15 is 0 Å². The molecule has 0 spiro atoms. The van der Waals surface area contributed by atoms with Crippen LogP contribution in [-0.2, 0) is 11.3 Å². The highest BCUT2D eigenvalue weighted by atomic mass is 16.1. The van der Waals surface area contributed by atoms with E-state index < -0.39 is 0 Å². The minimum atomic E-state index is -0.0576. The fourth-order valence-corrected chi connectivity index (χ4v) is 2.76. The van der Waals surface area contributed by atoms with Crippen molar-refractivity contribution < 1.29 is 4.79 Å². The Morgan fingerprint density at radius 1 is 1.24 bits per heavy atom. The normalized spacial score (nSPS) is 12.1. The molecule has 0 fully saturated rings. The molecule has 0 aliphatic heterocycles. The third-order valence-corrected chi connectivity index (χ3v) is 4.06. The maximum Gasteiger partial charge on any atom is 0.222 e. The van der Waals surface area contributed by atoms with Crippen molar-refractivity contribution in [3.8, 4) is 5.69 Å². The zero-order valence-corrected chi connectivity index (χ0v) is 14.7. The predicted octanol–water partition coefficient (Wildman–Crippen LogP) is 2.35.